The van der Waals surface area contributed by atoms with Gasteiger partial charge in [-0.2, -0.15) is 0 Å². The first-order chi connectivity index (χ1) is 20.7. The van der Waals surface area contributed by atoms with Crippen LogP contribution in [0.2, 0.25) is 0 Å². The van der Waals surface area contributed by atoms with E-state index in [2.05, 4.69) is 21.8 Å². The van der Waals surface area contributed by atoms with Gasteiger partial charge in [-0.05, 0) is 56.1 Å². The van der Waals surface area contributed by atoms with Crippen molar-refractivity contribution >= 4 is 22.8 Å². The van der Waals surface area contributed by atoms with Crippen LogP contribution in [0.3, 0.4) is 0 Å². The van der Waals surface area contributed by atoms with Gasteiger partial charge in [0.2, 0.25) is 5.91 Å². The molecule has 220 valence electrons. The molecule has 43 heavy (non-hydrogen) atoms. The number of nitrogens with two attached hydrogens (primary N) is 1. The third kappa shape index (κ3) is 5.51. The highest BCUT2D eigenvalue weighted by Crippen LogP contribution is 2.51. The van der Waals surface area contributed by atoms with Crippen LogP contribution in [0.1, 0.15) is 5.69 Å². The lowest BCUT2D eigenvalue weighted by molar-refractivity contribution is -0.125. The molecule has 0 radical (unpaired) electrons. The molecule has 2 aromatic heterocycles. The van der Waals surface area contributed by atoms with Crippen LogP contribution in [0.15, 0.2) is 60.9 Å². The van der Waals surface area contributed by atoms with Gasteiger partial charge in [-0.1, -0.05) is 18.1 Å². The van der Waals surface area contributed by atoms with Crippen LogP contribution in [-0.4, -0.2) is 71.1 Å². The number of aromatic nitrogens is 3. The third-order valence-corrected chi connectivity index (χ3v) is 8.06. The standard InChI is InChI=1S/C33H33FN6O3/c1-38(2)14-6-9-29(41)40-17-25-23(26(25)18-40)12-13-27-30(31-32(35)36-19-37-33(31)39(27)3)24-11-10-22(16-28(24)42-4)43-21-8-5-7-20(34)15-21/h5-11,15-16,19,23,25-26H,14,17-18H2,1-4H3,(H2,35,36,37)/b9-6+/t23-,25-,26+. The van der Waals surface area contributed by atoms with Crippen molar-refractivity contribution in [3.63, 3.8) is 0 Å². The number of hydrogen-bond donors (Lipinski definition) is 1. The number of anilines is 1. The number of likely N-dealkylation sites (tertiary alicyclic amines) is 1. The Morgan fingerprint density at radius 3 is 2.65 bits per heavy atom. The van der Waals surface area contributed by atoms with Gasteiger partial charge in [-0.15, -0.1) is 0 Å². The molecule has 1 saturated carbocycles. The number of halogens is 1. The van der Waals surface area contributed by atoms with Crippen molar-refractivity contribution in [3.05, 3.63) is 72.5 Å². The first kappa shape index (κ1) is 28.2. The van der Waals surface area contributed by atoms with Crippen LogP contribution in [0.4, 0.5) is 10.2 Å². The smallest absolute Gasteiger partial charge is 0.246 e. The van der Waals surface area contributed by atoms with Crippen LogP contribution < -0.4 is 15.2 Å². The second-order valence-electron chi connectivity index (χ2n) is 11.2. The highest BCUT2D eigenvalue weighted by molar-refractivity contribution is 6.04. The van der Waals surface area contributed by atoms with Gasteiger partial charge in [0.15, 0.2) is 0 Å². The number of carbonyl (C=O) groups is 1. The largest absolute Gasteiger partial charge is 0.496 e. The Kier molecular flexibility index (Phi) is 7.50. The van der Waals surface area contributed by atoms with Gasteiger partial charge in [-0.25, -0.2) is 14.4 Å². The number of rotatable bonds is 7. The molecule has 2 aliphatic rings. The van der Waals surface area contributed by atoms with Crippen LogP contribution in [0.5, 0.6) is 17.2 Å². The number of fused-ring (bicyclic) bond motifs is 2. The Hall–Kier alpha value is -4.88. The Bertz CT molecular complexity index is 1790. The van der Waals surface area contributed by atoms with E-state index in [9.17, 15) is 9.18 Å². The molecule has 1 aliphatic carbocycles. The fraction of sp³-hybridized carbons (Fsp3) is 0.303. The summed E-state index contributed by atoms with van der Waals surface area (Å²) in [6, 6.07) is 11.4. The lowest BCUT2D eigenvalue weighted by Gasteiger charge is -2.17. The van der Waals surface area contributed by atoms with Crippen LogP contribution >= 0.6 is 0 Å². The molecule has 6 rings (SSSR count). The second kappa shape index (κ2) is 11.4. The number of nitrogens with zero attached hydrogens (tertiary/aromatic N) is 5. The van der Waals surface area contributed by atoms with Crippen molar-refractivity contribution in [2.75, 3.05) is 46.6 Å². The first-order valence-electron chi connectivity index (χ1n) is 14.1. The summed E-state index contributed by atoms with van der Waals surface area (Å²) in [4.78, 5) is 25.3. The summed E-state index contributed by atoms with van der Waals surface area (Å²) in [5, 5.41) is 0.684. The number of carbonyl (C=O) groups excluding carboxylic acids is 1. The minimum Gasteiger partial charge on any atom is -0.496 e. The molecule has 0 unspecified atom stereocenters. The number of methoxy groups -OCH3 is 1. The molecule has 9 nitrogen and oxygen atoms in total. The van der Waals surface area contributed by atoms with E-state index in [4.69, 9.17) is 15.2 Å². The quantitative estimate of drug-likeness (QED) is 0.257. The number of amides is 1. The Morgan fingerprint density at radius 1 is 1.16 bits per heavy atom. The van der Waals surface area contributed by atoms with E-state index in [1.54, 1.807) is 37.5 Å². The molecule has 4 aromatic rings. The lowest BCUT2D eigenvalue weighted by atomic mass is 10.0. The highest BCUT2D eigenvalue weighted by Gasteiger charge is 2.55. The average molecular weight is 581 g/mol. The minimum absolute atomic E-state index is 0.0581. The molecule has 3 atom stereocenters. The lowest BCUT2D eigenvalue weighted by Crippen LogP contribution is -2.30. The van der Waals surface area contributed by atoms with Gasteiger partial charge in [0.1, 0.15) is 46.6 Å². The van der Waals surface area contributed by atoms with Gasteiger partial charge >= 0.3 is 0 Å². The monoisotopic (exact) mass is 580 g/mol. The molecule has 2 N–H and O–H groups in total. The van der Waals surface area contributed by atoms with Gasteiger partial charge in [-0.3, -0.25) is 4.79 Å². The van der Waals surface area contributed by atoms with Crippen molar-refractivity contribution in [1.82, 2.24) is 24.3 Å². The van der Waals surface area contributed by atoms with Gasteiger partial charge < -0.3 is 29.6 Å². The van der Waals surface area contributed by atoms with E-state index in [-0.39, 0.29) is 17.6 Å². The van der Waals surface area contributed by atoms with E-state index in [1.165, 1.54) is 18.5 Å². The van der Waals surface area contributed by atoms with Crippen LogP contribution in [0.25, 0.3) is 22.2 Å². The zero-order valence-corrected chi connectivity index (χ0v) is 24.5. The molecule has 1 saturated heterocycles. The number of likely N-dealkylation sites (N-methyl/N-ethyl adjacent to an activating group) is 1. The van der Waals surface area contributed by atoms with Crippen molar-refractivity contribution in [2.24, 2.45) is 24.8 Å². The van der Waals surface area contributed by atoms with Crippen molar-refractivity contribution in [1.29, 1.82) is 0 Å². The maximum Gasteiger partial charge on any atom is 0.246 e. The molecule has 10 heteroatoms. The van der Waals surface area contributed by atoms with E-state index < -0.39 is 0 Å². The molecule has 0 spiro atoms. The first-order valence-corrected chi connectivity index (χ1v) is 14.1. The number of benzene rings is 2. The molecule has 1 aliphatic heterocycles. The minimum atomic E-state index is -0.383. The summed E-state index contributed by atoms with van der Waals surface area (Å²) in [6.07, 6.45) is 5.00. The summed E-state index contributed by atoms with van der Waals surface area (Å²) in [7, 11) is 7.43. The normalized spacial score (nSPS) is 19.0. The van der Waals surface area contributed by atoms with Gasteiger partial charge in [0, 0.05) is 61.9 Å². The van der Waals surface area contributed by atoms with E-state index in [1.807, 2.05) is 47.7 Å². The molecule has 1 amide bonds. The highest BCUT2D eigenvalue weighted by atomic mass is 19.1. The number of hydrogen-bond acceptors (Lipinski definition) is 7. The van der Waals surface area contributed by atoms with Crippen molar-refractivity contribution < 1.29 is 18.7 Å². The summed E-state index contributed by atoms with van der Waals surface area (Å²) >= 11 is 0. The second-order valence-corrected chi connectivity index (χ2v) is 11.2. The summed E-state index contributed by atoms with van der Waals surface area (Å²) in [6.45, 7) is 2.17. The summed E-state index contributed by atoms with van der Waals surface area (Å²) < 4.78 is 27.3. The van der Waals surface area contributed by atoms with Crippen molar-refractivity contribution in [2.45, 2.75) is 0 Å². The predicted molar refractivity (Wildman–Crippen MR) is 163 cm³/mol. The molecule has 0 bridgehead atoms. The van der Waals surface area contributed by atoms with E-state index >= 15 is 0 Å². The zero-order chi connectivity index (χ0) is 30.2. The molecular weight excluding hydrogens is 547 g/mol. The summed E-state index contributed by atoms with van der Waals surface area (Å²) in [5.74, 6) is 9.29. The fourth-order valence-corrected chi connectivity index (χ4v) is 5.83. The van der Waals surface area contributed by atoms with Crippen molar-refractivity contribution in [3.8, 4) is 40.2 Å². The number of nitrogen functional groups attached to an aromatic ring is 1. The summed E-state index contributed by atoms with van der Waals surface area (Å²) in [5.41, 5.74) is 9.31. The number of aryl methyl sites for hydroxylation is 1. The Balaban J connectivity index is 1.30. The third-order valence-electron chi connectivity index (χ3n) is 8.06. The topological polar surface area (TPSA) is 98.7 Å². The number of ether oxygens (including phenoxy) is 2. The predicted octanol–water partition coefficient (Wildman–Crippen LogP) is 4.33. The van der Waals surface area contributed by atoms with E-state index in [0.29, 0.717) is 45.9 Å². The van der Waals surface area contributed by atoms with E-state index in [0.717, 1.165) is 36.5 Å². The molecule has 2 aromatic carbocycles. The van der Waals surface area contributed by atoms with Gasteiger partial charge in [0.25, 0.3) is 0 Å². The SMILES string of the molecule is COc1cc(Oc2cccc(F)c2)ccc1-c1c(C#C[C@@H]2[C@H]3CN(C(=O)/C=C/CN(C)C)C[C@@H]23)n(C)c2ncnc(N)c12. The molecule has 3 heterocycles. The maximum atomic E-state index is 13.7. The Labute approximate surface area is 249 Å². The maximum absolute atomic E-state index is 13.7. The molecule has 2 fully saturated rings. The fourth-order valence-electron chi connectivity index (χ4n) is 5.83. The number of piperidine rings is 1. The zero-order valence-electron chi connectivity index (χ0n) is 24.5. The molecular formula is C33H33FN6O3. The van der Waals surface area contributed by atoms with Gasteiger partial charge in [0.05, 0.1) is 12.5 Å². The average Bonchev–Trinajstić information content (AvgIpc) is 3.28. The van der Waals surface area contributed by atoms with Crippen LogP contribution in [0, 0.1) is 35.4 Å². The Morgan fingerprint density at radius 2 is 1.93 bits per heavy atom. The van der Waals surface area contributed by atoms with Crippen LogP contribution in [-0.2, 0) is 11.8 Å².